The number of halogens is 1. The number of hydrogen-bond acceptors (Lipinski definition) is 4. The quantitative estimate of drug-likeness (QED) is 0.726. The summed E-state index contributed by atoms with van der Waals surface area (Å²) in [4.78, 5) is 26.1. The van der Waals surface area contributed by atoms with Gasteiger partial charge in [-0.2, -0.15) is 0 Å². The van der Waals surface area contributed by atoms with Crippen molar-refractivity contribution in [2.75, 3.05) is 13.1 Å². The molecule has 0 aromatic carbocycles. The van der Waals surface area contributed by atoms with E-state index < -0.39 is 0 Å². The number of aromatic amines is 2. The molecule has 3 heterocycles. The van der Waals surface area contributed by atoms with Crippen LogP contribution in [0.4, 0.5) is 0 Å². The van der Waals surface area contributed by atoms with Gasteiger partial charge in [0, 0.05) is 24.2 Å². The van der Waals surface area contributed by atoms with Crippen LogP contribution in [-0.2, 0) is 4.79 Å². The molecule has 1 fully saturated rings. The predicted octanol–water partition coefficient (Wildman–Crippen LogP) is 1.19. The fraction of sp³-hybridized carbons (Fsp3) is 0.154. The van der Waals surface area contributed by atoms with E-state index in [0.717, 1.165) is 22.5 Å². The summed E-state index contributed by atoms with van der Waals surface area (Å²) < 4.78 is 0. The van der Waals surface area contributed by atoms with E-state index in [1.54, 1.807) is 25.0 Å². The summed E-state index contributed by atoms with van der Waals surface area (Å²) in [6.07, 6.45) is 10.2. The number of nitrogens with zero attached hydrogens (tertiary/aromatic N) is 2. The molecular formula is C13H14ClN5O. The van der Waals surface area contributed by atoms with Gasteiger partial charge in [0.2, 0.25) is 0 Å². The van der Waals surface area contributed by atoms with Crippen molar-refractivity contribution in [2.24, 2.45) is 0 Å². The van der Waals surface area contributed by atoms with Gasteiger partial charge in [0.05, 0.1) is 36.4 Å². The molecule has 3 rings (SSSR count). The van der Waals surface area contributed by atoms with Crippen molar-refractivity contribution in [3.63, 3.8) is 0 Å². The Morgan fingerprint density at radius 2 is 1.45 bits per heavy atom. The number of carbonyl (C=O) groups excluding carboxylic acids is 1. The van der Waals surface area contributed by atoms with Gasteiger partial charge in [-0.1, -0.05) is 0 Å². The summed E-state index contributed by atoms with van der Waals surface area (Å²) in [5.74, 6) is 0.0583. The third kappa shape index (κ3) is 3.04. The first-order valence-corrected chi connectivity index (χ1v) is 5.96. The molecule has 6 nitrogen and oxygen atoms in total. The molecule has 0 radical (unpaired) electrons. The zero-order valence-electron chi connectivity index (χ0n) is 10.6. The van der Waals surface area contributed by atoms with E-state index in [4.69, 9.17) is 0 Å². The lowest BCUT2D eigenvalue weighted by atomic mass is 9.98. The second-order valence-corrected chi connectivity index (χ2v) is 4.29. The van der Waals surface area contributed by atoms with Gasteiger partial charge in [0.1, 0.15) is 0 Å². The highest BCUT2D eigenvalue weighted by atomic mass is 35.5. The highest BCUT2D eigenvalue weighted by Gasteiger charge is 2.20. The summed E-state index contributed by atoms with van der Waals surface area (Å²) in [5.41, 5.74) is 3.10. The molecule has 0 unspecified atom stereocenters. The van der Waals surface area contributed by atoms with Gasteiger partial charge in [-0.3, -0.25) is 4.79 Å². The minimum Gasteiger partial charge on any atom is -0.345 e. The Morgan fingerprint density at radius 1 is 0.950 bits per heavy atom. The standard InChI is InChI=1S/C13H13N5O.ClH/c19-13-9(1-11-5-15-7-17-11)3-14-4-10(13)2-12-6-16-8-18-12;/h1-2,5-8,14H,3-4H2,(H,15,17)(H,16,18);1H/b9-1+,10-2+;. The Labute approximate surface area is 121 Å². The van der Waals surface area contributed by atoms with Gasteiger partial charge in [-0.15, -0.1) is 12.4 Å². The molecule has 0 atom stereocenters. The smallest absolute Gasteiger partial charge is 0.187 e. The molecule has 1 aliphatic rings. The van der Waals surface area contributed by atoms with Gasteiger partial charge in [0.15, 0.2) is 5.78 Å². The van der Waals surface area contributed by atoms with Crippen LogP contribution in [0.15, 0.2) is 36.2 Å². The molecule has 2 aromatic rings. The largest absolute Gasteiger partial charge is 0.345 e. The van der Waals surface area contributed by atoms with Crippen LogP contribution in [0.2, 0.25) is 0 Å². The summed E-state index contributed by atoms with van der Waals surface area (Å²) in [6, 6.07) is 0. The number of aromatic nitrogens is 4. The molecule has 0 amide bonds. The fourth-order valence-electron chi connectivity index (χ4n) is 2.00. The molecule has 104 valence electrons. The monoisotopic (exact) mass is 291 g/mol. The van der Waals surface area contributed by atoms with E-state index in [1.807, 2.05) is 12.2 Å². The molecule has 1 saturated heterocycles. The average Bonchev–Trinajstić information content (AvgIpc) is 3.07. The highest BCUT2D eigenvalue weighted by Crippen LogP contribution is 2.15. The number of carbonyl (C=O) groups is 1. The zero-order chi connectivity index (χ0) is 13.1. The van der Waals surface area contributed by atoms with Crippen LogP contribution in [0, 0.1) is 0 Å². The lowest BCUT2D eigenvalue weighted by Gasteiger charge is -2.17. The van der Waals surface area contributed by atoms with Crippen molar-refractivity contribution in [1.82, 2.24) is 25.3 Å². The lowest BCUT2D eigenvalue weighted by Crippen LogP contribution is -2.32. The maximum absolute atomic E-state index is 12.3. The van der Waals surface area contributed by atoms with E-state index in [0.29, 0.717) is 13.1 Å². The molecule has 7 heteroatoms. The molecule has 0 aliphatic carbocycles. The van der Waals surface area contributed by atoms with Crippen molar-refractivity contribution >= 4 is 30.3 Å². The van der Waals surface area contributed by atoms with Gasteiger partial charge >= 0.3 is 0 Å². The Balaban J connectivity index is 0.00000147. The van der Waals surface area contributed by atoms with E-state index >= 15 is 0 Å². The Hall–Kier alpha value is -2.18. The van der Waals surface area contributed by atoms with Crippen molar-refractivity contribution in [1.29, 1.82) is 0 Å². The second kappa shape index (κ2) is 6.31. The summed E-state index contributed by atoms with van der Waals surface area (Å²) in [5, 5.41) is 3.21. The van der Waals surface area contributed by atoms with Gasteiger partial charge < -0.3 is 15.3 Å². The van der Waals surface area contributed by atoms with Crippen LogP contribution >= 0.6 is 12.4 Å². The van der Waals surface area contributed by atoms with Crippen LogP contribution in [0.3, 0.4) is 0 Å². The Bertz CT molecular complexity index is 574. The first kappa shape index (κ1) is 14.2. The van der Waals surface area contributed by atoms with Gasteiger partial charge in [-0.25, -0.2) is 9.97 Å². The first-order chi connectivity index (χ1) is 9.33. The van der Waals surface area contributed by atoms with Crippen molar-refractivity contribution in [2.45, 2.75) is 0 Å². The van der Waals surface area contributed by atoms with E-state index in [2.05, 4.69) is 25.3 Å². The Kier molecular flexibility index (Phi) is 4.49. The second-order valence-electron chi connectivity index (χ2n) is 4.29. The lowest BCUT2D eigenvalue weighted by molar-refractivity contribution is -0.112. The molecule has 1 aliphatic heterocycles. The number of nitrogens with one attached hydrogen (secondary N) is 3. The molecular weight excluding hydrogens is 278 g/mol. The molecule has 3 N–H and O–H groups in total. The zero-order valence-corrected chi connectivity index (χ0v) is 11.4. The molecule has 0 bridgehead atoms. The van der Waals surface area contributed by atoms with Crippen LogP contribution in [0.1, 0.15) is 11.4 Å². The third-order valence-electron chi connectivity index (χ3n) is 2.91. The van der Waals surface area contributed by atoms with Crippen molar-refractivity contribution in [3.05, 3.63) is 47.6 Å². The number of piperidine rings is 1. The minimum atomic E-state index is 0. The first-order valence-electron chi connectivity index (χ1n) is 5.96. The SMILES string of the molecule is Cl.O=C1/C(=C/c2cnc[nH]2)CNC/C1=C\c1cnc[nH]1. The van der Waals surface area contributed by atoms with E-state index in [-0.39, 0.29) is 18.2 Å². The van der Waals surface area contributed by atoms with Crippen LogP contribution in [-0.4, -0.2) is 38.8 Å². The van der Waals surface area contributed by atoms with Gasteiger partial charge in [-0.05, 0) is 12.2 Å². The van der Waals surface area contributed by atoms with Crippen LogP contribution in [0.25, 0.3) is 12.2 Å². The summed E-state index contributed by atoms with van der Waals surface area (Å²) in [7, 11) is 0. The maximum Gasteiger partial charge on any atom is 0.187 e. The maximum atomic E-state index is 12.3. The van der Waals surface area contributed by atoms with Crippen molar-refractivity contribution < 1.29 is 4.79 Å². The Morgan fingerprint density at radius 3 is 1.85 bits per heavy atom. The fourth-order valence-corrected chi connectivity index (χ4v) is 2.00. The minimum absolute atomic E-state index is 0. The van der Waals surface area contributed by atoms with E-state index in [9.17, 15) is 4.79 Å². The van der Waals surface area contributed by atoms with Gasteiger partial charge in [0.25, 0.3) is 0 Å². The molecule has 20 heavy (non-hydrogen) atoms. The summed E-state index contributed by atoms with van der Waals surface area (Å²) >= 11 is 0. The number of rotatable bonds is 2. The molecule has 0 saturated carbocycles. The number of Topliss-reactive ketones (excluding diaryl/α,β-unsaturated/α-hetero) is 1. The van der Waals surface area contributed by atoms with Crippen molar-refractivity contribution in [3.8, 4) is 0 Å². The normalized spacial score (nSPS) is 19.3. The van der Waals surface area contributed by atoms with Crippen LogP contribution in [0.5, 0.6) is 0 Å². The number of H-pyrrole nitrogens is 2. The highest BCUT2D eigenvalue weighted by molar-refractivity contribution is 6.14. The number of ketones is 1. The molecule has 2 aromatic heterocycles. The van der Waals surface area contributed by atoms with Crippen LogP contribution < -0.4 is 5.32 Å². The average molecular weight is 292 g/mol. The predicted molar refractivity (Wildman–Crippen MR) is 78.3 cm³/mol. The summed E-state index contributed by atoms with van der Waals surface area (Å²) in [6.45, 7) is 1.14. The third-order valence-corrected chi connectivity index (χ3v) is 2.91. The molecule has 0 spiro atoms. The topological polar surface area (TPSA) is 86.5 Å². The number of hydrogen-bond donors (Lipinski definition) is 3. The van der Waals surface area contributed by atoms with E-state index in [1.165, 1.54) is 0 Å². The number of imidazole rings is 2.